The third-order valence-electron chi connectivity index (χ3n) is 4.79. The van der Waals surface area contributed by atoms with E-state index in [9.17, 15) is 18.0 Å². The maximum Gasteiger partial charge on any atom is 0.417 e. The zero-order valence-electron chi connectivity index (χ0n) is 14.2. The number of hydrogen-bond donors (Lipinski definition) is 0. The third kappa shape index (κ3) is 3.63. The molecule has 27 heavy (non-hydrogen) atoms. The lowest BCUT2D eigenvalue weighted by atomic mass is 9.77. The van der Waals surface area contributed by atoms with Crippen LogP contribution in [0.1, 0.15) is 41.6 Å². The van der Waals surface area contributed by atoms with Gasteiger partial charge in [-0.3, -0.25) is 9.78 Å². The number of fused-ring (bicyclic) bond motifs is 1. The molecule has 0 saturated heterocycles. The number of alkyl halides is 4. The first-order chi connectivity index (χ1) is 12.6. The van der Waals surface area contributed by atoms with Gasteiger partial charge in [-0.2, -0.15) is 13.2 Å². The van der Waals surface area contributed by atoms with Crippen molar-refractivity contribution in [1.29, 1.82) is 0 Å². The molecule has 0 aliphatic heterocycles. The van der Waals surface area contributed by atoms with Crippen LogP contribution in [0.25, 0.3) is 5.57 Å². The molecule has 0 saturated carbocycles. The molecule has 1 aromatic carbocycles. The minimum Gasteiger partial charge on any atom is -0.296 e. The van der Waals surface area contributed by atoms with Crippen molar-refractivity contribution in [3.05, 3.63) is 70.5 Å². The Labute approximate surface area is 158 Å². The summed E-state index contributed by atoms with van der Waals surface area (Å²) in [5.74, 6) is -0.697. The van der Waals surface area contributed by atoms with Crippen molar-refractivity contribution in [2.75, 3.05) is 0 Å². The van der Waals surface area contributed by atoms with Crippen LogP contribution < -0.4 is 0 Å². The molecule has 3 rings (SSSR count). The number of ketones is 1. The third-order valence-corrected chi connectivity index (χ3v) is 5.23. The smallest absolute Gasteiger partial charge is 0.296 e. The molecule has 1 aromatic heterocycles. The summed E-state index contributed by atoms with van der Waals surface area (Å²) in [6, 6.07) is 6.56. The van der Waals surface area contributed by atoms with E-state index in [0.717, 1.165) is 6.07 Å². The number of benzene rings is 1. The Morgan fingerprint density at radius 1 is 1.26 bits per heavy atom. The molecule has 7 heteroatoms. The molecule has 1 heterocycles. The van der Waals surface area contributed by atoms with Crippen LogP contribution in [-0.2, 0) is 23.1 Å². The Morgan fingerprint density at radius 2 is 2.00 bits per heavy atom. The van der Waals surface area contributed by atoms with Gasteiger partial charge >= 0.3 is 6.18 Å². The number of carbonyl (C=O) groups excluding carboxylic acids is 1. The summed E-state index contributed by atoms with van der Waals surface area (Å²) >= 11 is 5.85. The topological polar surface area (TPSA) is 30.0 Å². The van der Waals surface area contributed by atoms with Crippen LogP contribution in [0.3, 0.4) is 0 Å². The molecule has 142 valence electrons. The van der Waals surface area contributed by atoms with Crippen LogP contribution in [0.5, 0.6) is 0 Å². The fraction of sp³-hybridized carbons (Fsp3) is 0.300. The maximum atomic E-state index is 15.6. The summed E-state index contributed by atoms with van der Waals surface area (Å²) in [7, 11) is 0. The van der Waals surface area contributed by atoms with Crippen LogP contribution in [0, 0.1) is 0 Å². The Kier molecular flexibility index (Phi) is 5.12. The summed E-state index contributed by atoms with van der Waals surface area (Å²) in [5, 5.41) is -0.454. The number of allylic oxidation sites excluding steroid dienone is 1. The quantitative estimate of drug-likeness (QED) is 0.599. The van der Waals surface area contributed by atoms with Crippen LogP contribution in [-0.4, -0.2) is 10.8 Å². The molecule has 1 atom stereocenters. The highest BCUT2D eigenvalue weighted by molar-refractivity contribution is 6.32. The average molecular weight is 398 g/mol. The fourth-order valence-electron chi connectivity index (χ4n) is 3.31. The molecular formula is C20H16ClF4NO. The second kappa shape index (κ2) is 7.08. The van der Waals surface area contributed by atoms with Crippen LogP contribution in [0.4, 0.5) is 17.6 Å². The standard InChI is InChI=1S/C20H16ClF4NO/c1-12-9-10-19(22,15-6-3-11-26-18(12)15)16(27)8-7-13-4-2-5-14(17(13)21)20(23,24)25/h2-6,11H,1,7-10H2. The van der Waals surface area contributed by atoms with Crippen molar-refractivity contribution in [1.82, 2.24) is 4.98 Å². The van der Waals surface area contributed by atoms with Gasteiger partial charge in [0.2, 0.25) is 0 Å². The van der Waals surface area contributed by atoms with Gasteiger partial charge in [0.25, 0.3) is 0 Å². The van der Waals surface area contributed by atoms with E-state index in [1.807, 2.05) is 0 Å². The number of Topliss-reactive ketones (excluding diaryl/α,β-unsaturated/α-hetero) is 1. The number of aryl methyl sites for hydroxylation is 1. The van der Waals surface area contributed by atoms with Crippen molar-refractivity contribution in [3.8, 4) is 0 Å². The second-order valence-corrected chi connectivity index (χ2v) is 6.88. The van der Waals surface area contributed by atoms with Gasteiger partial charge in [-0.15, -0.1) is 0 Å². The van der Waals surface area contributed by atoms with E-state index < -0.39 is 28.2 Å². The highest BCUT2D eigenvalue weighted by Crippen LogP contribution is 2.44. The number of pyridine rings is 1. The number of halogens is 5. The molecule has 1 aliphatic rings. The molecule has 0 bridgehead atoms. The van der Waals surface area contributed by atoms with Crippen molar-refractivity contribution in [3.63, 3.8) is 0 Å². The molecule has 0 N–H and O–H groups in total. The molecule has 0 fully saturated rings. The lowest BCUT2D eigenvalue weighted by Crippen LogP contribution is -2.35. The van der Waals surface area contributed by atoms with Gasteiger partial charge in [-0.1, -0.05) is 36.4 Å². The first-order valence-corrected chi connectivity index (χ1v) is 8.73. The highest BCUT2D eigenvalue weighted by atomic mass is 35.5. The molecule has 0 radical (unpaired) electrons. The van der Waals surface area contributed by atoms with Crippen LogP contribution >= 0.6 is 11.6 Å². The summed E-state index contributed by atoms with van der Waals surface area (Å²) < 4.78 is 54.4. The molecule has 2 nitrogen and oxygen atoms in total. The summed E-state index contributed by atoms with van der Waals surface area (Å²) in [6.07, 6.45) is -3.20. The summed E-state index contributed by atoms with van der Waals surface area (Å²) in [5.41, 5.74) is -1.83. The van der Waals surface area contributed by atoms with E-state index in [1.165, 1.54) is 24.4 Å². The SMILES string of the molecule is C=C1CCC(F)(C(=O)CCc2cccc(C(F)(F)F)c2Cl)c2cccnc21. The van der Waals surface area contributed by atoms with Crippen molar-refractivity contribution in [2.24, 2.45) is 0 Å². The first-order valence-electron chi connectivity index (χ1n) is 8.35. The Morgan fingerprint density at radius 3 is 2.70 bits per heavy atom. The Balaban J connectivity index is 1.83. The largest absolute Gasteiger partial charge is 0.417 e. The number of nitrogens with zero attached hydrogens (tertiary/aromatic N) is 1. The maximum absolute atomic E-state index is 15.6. The predicted molar refractivity (Wildman–Crippen MR) is 95.1 cm³/mol. The lowest BCUT2D eigenvalue weighted by molar-refractivity contribution is -0.137. The van der Waals surface area contributed by atoms with Crippen LogP contribution in [0.15, 0.2) is 43.1 Å². The van der Waals surface area contributed by atoms with E-state index >= 15 is 4.39 Å². The predicted octanol–water partition coefficient (Wildman–Crippen LogP) is 5.93. The van der Waals surface area contributed by atoms with Crippen LogP contribution in [0.2, 0.25) is 5.02 Å². The zero-order chi connectivity index (χ0) is 19.8. The van der Waals surface area contributed by atoms with E-state index in [-0.39, 0.29) is 36.8 Å². The van der Waals surface area contributed by atoms with Crippen molar-refractivity contribution in [2.45, 2.75) is 37.5 Å². The molecular weight excluding hydrogens is 382 g/mol. The number of aromatic nitrogens is 1. The second-order valence-electron chi connectivity index (χ2n) is 6.50. The van der Waals surface area contributed by atoms with E-state index in [4.69, 9.17) is 11.6 Å². The summed E-state index contributed by atoms with van der Waals surface area (Å²) in [4.78, 5) is 16.8. The number of carbonyl (C=O) groups is 1. The average Bonchev–Trinajstić information content (AvgIpc) is 2.63. The minimum absolute atomic E-state index is 0.0559. The normalized spacial score (nSPS) is 19.7. The van der Waals surface area contributed by atoms with Crippen molar-refractivity contribution >= 4 is 23.0 Å². The van der Waals surface area contributed by atoms with E-state index in [2.05, 4.69) is 11.6 Å². The Hall–Kier alpha value is -2.21. The number of hydrogen-bond acceptors (Lipinski definition) is 2. The fourth-order valence-corrected chi connectivity index (χ4v) is 3.64. The molecule has 0 spiro atoms. The molecule has 0 amide bonds. The van der Waals surface area contributed by atoms with Gasteiger partial charge in [0.05, 0.1) is 16.3 Å². The van der Waals surface area contributed by atoms with Gasteiger partial charge in [0.15, 0.2) is 11.5 Å². The molecule has 1 unspecified atom stereocenters. The van der Waals surface area contributed by atoms with Gasteiger partial charge in [-0.05, 0) is 42.5 Å². The highest BCUT2D eigenvalue weighted by Gasteiger charge is 2.44. The lowest BCUT2D eigenvalue weighted by Gasteiger charge is -2.31. The van der Waals surface area contributed by atoms with Gasteiger partial charge in [0, 0.05) is 18.2 Å². The summed E-state index contributed by atoms with van der Waals surface area (Å²) in [6.45, 7) is 3.85. The number of rotatable bonds is 4. The van der Waals surface area contributed by atoms with Gasteiger partial charge in [0.1, 0.15) is 0 Å². The van der Waals surface area contributed by atoms with E-state index in [1.54, 1.807) is 6.07 Å². The van der Waals surface area contributed by atoms with Gasteiger partial charge in [-0.25, -0.2) is 4.39 Å². The molecule has 1 aliphatic carbocycles. The van der Waals surface area contributed by atoms with Gasteiger partial charge < -0.3 is 0 Å². The van der Waals surface area contributed by atoms with Crippen molar-refractivity contribution < 1.29 is 22.4 Å². The minimum atomic E-state index is -4.59. The zero-order valence-corrected chi connectivity index (χ0v) is 15.0. The van der Waals surface area contributed by atoms with E-state index in [0.29, 0.717) is 11.3 Å². The molecule has 2 aromatic rings. The Bertz CT molecular complexity index is 909. The monoisotopic (exact) mass is 397 g/mol. The first kappa shape index (κ1) is 19.5.